The molecule has 1 heterocycles. The standard InChI is InChI=1S/C15H11F3O2/c16-15(17,18)8-9-5-6-13-11(7-9)14(19)10-3-1-2-4-12(10)20-13/h1-7,14,19H,8H2. The Labute approximate surface area is 113 Å². The van der Waals surface area contributed by atoms with Crippen LogP contribution >= 0.6 is 0 Å². The third-order valence-corrected chi connectivity index (χ3v) is 3.21. The Balaban J connectivity index is 2.00. The van der Waals surface area contributed by atoms with E-state index in [9.17, 15) is 18.3 Å². The average Bonchev–Trinajstić information content (AvgIpc) is 2.38. The lowest BCUT2D eigenvalue weighted by atomic mass is 9.95. The van der Waals surface area contributed by atoms with Gasteiger partial charge in [-0.2, -0.15) is 13.2 Å². The zero-order valence-corrected chi connectivity index (χ0v) is 10.3. The number of halogens is 3. The van der Waals surface area contributed by atoms with Crippen LogP contribution in [-0.4, -0.2) is 11.3 Å². The van der Waals surface area contributed by atoms with E-state index in [-0.39, 0.29) is 5.56 Å². The molecule has 0 aromatic heterocycles. The molecule has 0 fully saturated rings. The Kier molecular flexibility index (Phi) is 2.94. The van der Waals surface area contributed by atoms with Crippen LogP contribution in [0.15, 0.2) is 42.5 Å². The Hall–Kier alpha value is -2.01. The predicted molar refractivity (Wildman–Crippen MR) is 66.8 cm³/mol. The highest BCUT2D eigenvalue weighted by Crippen LogP contribution is 2.43. The van der Waals surface area contributed by atoms with Crippen molar-refractivity contribution in [1.29, 1.82) is 0 Å². The van der Waals surface area contributed by atoms with E-state index in [1.165, 1.54) is 18.2 Å². The van der Waals surface area contributed by atoms with Gasteiger partial charge in [0.05, 0.1) is 6.42 Å². The number of aliphatic hydroxyl groups is 1. The number of fused-ring (bicyclic) bond motifs is 2. The topological polar surface area (TPSA) is 29.5 Å². The minimum absolute atomic E-state index is 0.110. The van der Waals surface area contributed by atoms with Gasteiger partial charge in [0.15, 0.2) is 0 Å². The van der Waals surface area contributed by atoms with Gasteiger partial charge in [0.25, 0.3) is 0 Å². The highest BCUT2D eigenvalue weighted by Gasteiger charge is 2.30. The molecule has 0 radical (unpaired) electrons. The van der Waals surface area contributed by atoms with Crippen LogP contribution in [0.5, 0.6) is 11.5 Å². The molecule has 0 aliphatic carbocycles. The monoisotopic (exact) mass is 280 g/mol. The second-order valence-corrected chi connectivity index (χ2v) is 4.71. The van der Waals surface area contributed by atoms with Crippen molar-refractivity contribution in [2.24, 2.45) is 0 Å². The van der Waals surface area contributed by atoms with Crippen LogP contribution in [0.2, 0.25) is 0 Å². The van der Waals surface area contributed by atoms with E-state index >= 15 is 0 Å². The van der Waals surface area contributed by atoms with Gasteiger partial charge >= 0.3 is 6.18 Å². The summed E-state index contributed by atoms with van der Waals surface area (Å²) in [5.74, 6) is 0.915. The smallest absolute Gasteiger partial charge is 0.393 e. The number of benzene rings is 2. The normalized spacial score (nSPS) is 17.1. The molecule has 0 saturated heterocycles. The van der Waals surface area contributed by atoms with Gasteiger partial charge < -0.3 is 9.84 Å². The summed E-state index contributed by atoms with van der Waals surface area (Å²) in [6.45, 7) is 0. The maximum absolute atomic E-state index is 12.4. The summed E-state index contributed by atoms with van der Waals surface area (Å²) in [5, 5.41) is 10.3. The number of hydrogen-bond acceptors (Lipinski definition) is 2. The summed E-state index contributed by atoms with van der Waals surface area (Å²) in [4.78, 5) is 0. The van der Waals surface area contributed by atoms with Crippen LogP contribution < -0.4 is 4.74 Å². The molecule has 5 heteroatoms. The van der Waals surface area contributed by atoms with Crippen LogP contribution in [-0.2, 0) is 6.42 Å². The summed E-state index contributed by atoms with van der Waals surface area (Å²) < 4.78 is 42.8. The van der Waals surface area contributed by atoms with Gasteiger partial charge in [-0.3, -0.25) is 0 Å². The van der Waals surface area contributed by atoms with Crippen molar-refractivity contribution in [3.63, 3.8) is 0 Å². The maximum Gasteiger partial charge on any atom is 0.393 e. The number of aliphatic hydroxyl groups excluding tert-OH is 1. The third-order valence-electron chi connectivity index (χ3n) is 3.21. The first-order valence-corrected chi connectivity index (χ1v) is 6.08. The fraction of sp³-hybridized carbons (Fsp3) is 0.200. The highest BCUT2D eigenvalue weighted by molar-refractivity contribution is 5.52. The fourth-order valence-corrected chi connectivity index (χ4v) is 2.33. The molecule has 2 nitrogen and oxygen atoms in total. The Morgan fingerprint density at radius 1 is 1.00 bits per heavy atom. The van der Waals surface area contributed by atoms with E-state index in [2.05, 4.69) is 0 Å². The number of hydrogen-bond donors (Lipinski definition) is 1. The molecule has 2 aromatic rings. The lowest BCUT2D eigenvalue weighted by molar-refractivity contribution is -0.127. The lowest BCUT2D eigenvalue weighted by Crippen LogP contribution is -2.14. The Bertz CT molecular complexity index is 650. The average molecular weight is 280 g/mol. The van der Waals surface area contributed by atoms with E-state index in [4.69, 9.17) is 4.74 Å². The van der Waals surface area contributed by atoms with Gasteiger partial charge in [0.1, 0.15) is 17.6 Å². The van der Waals surface area contributed by atoms with Crippen molar-refractivity contribution in [1.82, 2.24) is 0 Å². The fourth-order valence-electron chi connectivity index (χ4n) is 2.33. The number of ether oxygens (including phenoxy) is 1. The van der Waals surface area contributed by atoms with Crippen LogP contribution in [0.25, 0.3) is 0 Å². The Morgan fingerprint density at radius 3 is 2.45 bits per heavy atom. The summed E-state index contributed by atoms with van der Waals surface area (Å²) >= 11 is 0. The summed E-state index contributed by atoms with van der Waals surface area (Å²) in [5.41, 5.74) is 1.04. The van der Waals surface area contributed by atoms with Crippen molar-refractivity contribution in [2.45, 2.75) is 18.7 Å². The zero-order chi connectivity index (χ0) is 14.3. The second-order valence-electron chi connectivity index (χ2n) is 4.71. The highest BCUT2D eigenvalue weighted by atomic mass is 19.4. The molecule has 1 aliphatic rings. The van der Waals surface area contributed by atoms with Gasteiger partial charge in [-0.05, 0) is 23.8 Å². The molecule has 2 aromatic carbocycles. The molecule has 0 spiro atoms. The number of rotatable bonds is 1. The molecule has 104 valence electrons. The van der Waals surface area contributed by atoms with E-state index in [1.807, 2.05) is 0 Å². The summed E-state index contributed by atoms with van der Waals surface area (Å²) in [6.07, 6.45) is -6.26. The molecule has 20 heavy (non-hydrogen) atoms. The molecule has 1 unspecified atom stereocenters. The first kappa shape index (κ1) is 13.0. The van der Waals surface area contributed by atoms with Crippen molar-refractivity contribution in [2.75, 3.05) is 0 Å². The predicted octanol–water partition coefficient (Wildman–Crippen LogP) is 3.98. The molecule has 0 bridgehead atoms. The van der Waals surface area contributed by atoms with Gasteiger partial charge in [-0.25, -0.2) is 0 Å². The van der Waals surface area contributed by atoms with E-state index in [0.717, 1.165) is 0 Å². The van der Waals surface area contributed by atoms with Gasteiger partial charge in [-0.1, -0.05) is 24.3 Å². The van der Waals surface area contributed by atoms with Gasteiger partial charge in [-0.15, -0.1) is 0 Å². The lowest BCUT2D eigenvalue weighted by Gasteiger charge is -2.25. The van der Waals surface area contributed by atoms with Crippen LogP contribution in [0.1, 0.15) is 22.8 Å². The first-order chi connectivity index (χ1) is 9.44. The molecule has 3 rings (SSSR count). The van der Waals surface area contributed by atoms with Crippen LogP contribution in [0.4, 0.5) is 13.2 Å². The summed E-state index contributed by atoms with van der Waals surface area (Å²) in [6, 6.07) is 11.1. The minimum Gasteiger partial charge on any atom is -0.457 e. The molecule has 1 aliphatic heterocycles. The van der Waals surface area contributed by atoms with E-state index < -0.39 is 18.7 Å². The molecule has 1 N–H and O–H groups in total. The molecular weight excluding hydrogens is 269 g/mol. The van der Waals surface area contributed by atoms with Crippen molar-refractivity contribution in [3.05, 3.63) is 59.2 Å². The van der Waals surface area contributed by atoms with Crippen molar-refractivity contribution >= 4 is 0 Å². The largest absolute Gasteiger partial charge is 0.457 e. The Morgan fingerprint density at radius 2 is 1.70 bits per heavy atom. The molecule has 1 atom stereocenters. The van der Waals surface area contributed by atoms with Crippen molar-refractivity contribution < 1.29 is 23.0 Å². The SMILES string of the molecule is OC1c2ccccc2Oc2ccc(CC(F)(F)F)cc21. The van der Waals surface area contributed by atoms with Crippen LogP contribution in [0.3, 0.4) is 0 Å². The van der Waals surface area contributed by atoms with Crippen molar-refractivity contribution in [3.8, 4) is 11.5 Å². The molecular formula is C15H11F3O2. The summed E-state index contributed by atoms with van der Waals surface area (Å²) in [7, 11) is 0. The third kappa shape index (κ3) is 2.36. The zero-order valence-electron chi connectivity index (χ0n) is 10.3. The number of alkyl halides is 3. The molecule has 0 amide bonds. The van der Waals surface area contributed by atoms with Crippen LogP contribution in [0, 0.1) is 0 Å². The van der Waals surface area contributed by atoms with E-state index in [0.29, 0.717) is 22.6 Å². The van der Waals surface area contributed by atoms with E-state index in [1.54, 1.807) is 24.3 Å². The first-order valence-electron chi connectivity index (χ1n) is 6.08. The van der Waals surface area contributed by atoms with Gasteiger partial charge in [0, 0.05) is 11.1 Å². The number of para-hydroxylation sites is 1. The van der Waals surface area contributed by atoms with Gasteiger partial charge in [0.2, 0.25) is 0 Å². The minimum atomic E-state index is -4.27. The second kappa shape index (κ2) is 4.52. The molecule has 0 saturated carbocycles. The quantitative estimate of drug-likeness (QED) is 0.856. The maximum atomic E-state index is 12.4.